The number of carbonyl (C=O) groups excluding carboxylic acids is 2. The number of halogens is 3. The number of carbonyl (C=O) groups is 2. The largest absolute Gasteiger partial charge is 0.461 e. The highest BCUT2D eigenvalue weighted by molar-refractivity contribution is 5.96. The van der Waals surface area contributed by atoms with Gasteiger partial charge in [-0.15, -0.1) is 0 Å². The Kier molecular flexibility index (Phi) is 7.86. The van der Waals surface area contributed by atoms with Crippen LogP contribution >= 0.6 is 0 Å². The molecule has 3 aromatic rings. The number of aromatic nitrogens is 4. The maximum atomic E-state index is 14.4. The summed E-state index contributed by atoms with van der Waals surface area (Å²) in [4.78, 5) is 37.9. The van der Waals surface area contributed by atoms with E-state index in [-0.39, 0.29) is 35.8 Å². The van der Waals surface area contributed by atoms with Crippen molar-refractivity contribution in [1.29, 1.82) is 0 Å². The SMILES string of the molecule is Cc1c(C=O)nn2c1CN(c1nc(OCC34CCCN3CCC4)nc3c1COC(c1cc(N)cc(C(N)=O)c1C(F)(F)F)C3)CCC2. The second kappa shape index (κ2) is 11.8. The lowest BCUT2D eigenvalue weighted by molar-refractivity contribution is -0.140. The molecular formula is C32H37F3N8O4. The second-order valence-electron chi connectivity index (χ2n) is 12.9. The van der Waals surface area contributed by atoms with E-state index < -0.39 is 29.3 Å². The van der Waals surface area contributed by atoms with Gasteiger partial charge in [-0.3, -0.25) is 19.2 Å². The number of alkyl halides is 3. The van der Waals surface area contributed by atoms with Crippen molar-refractivity contribution in [3.63, 3.8) is 0 Å². The van der Waals surface area contributed by atoms with Gasteiger partial charge in [-0.1, -0.05) is 0 Å². The number of aryl methyl sites for hydroxylation is 1. The minimum Gasteiger partial charge on any atom is -0.461 e. The summed E-state index contributed by atoms with van der Waals surface area (Å²) in [7, 11) is 0. The molecule has 1 atom stereocenters. The number of hydrogen-bond donors (Lipinski definition) is 2. The molecule has 0 saturated carbocycles. The lowest BCUT2D eigenvalue weighted by atomic mass is 9.91. The van der Waals surface area contributed by atoms with Crippen molar-refractivity contribution in [2.75, 3.05) is 36.9 Å². The van der Waals surface area contributed by atoms with E-state index in [0.29, 0.717) is 49.0 Å². The van der Waals surface area contributed by atoms with Crippen LogP contribution in [0.1, 0.15) is 92.7 Å². The van der Waals surface area contributed by atoms with E-state index in [4.69, 9.17) is 30.9 Å². The molecule has 0 radical (unpaired) electrons. The van der Waals surface area contributed by atoms with Crippen LogP contribution < -0.4 is 21.1 Å². The summed E-state index contributed by atoms with van der Waals surface area (Å²) < 4.78 is 57.5. The fourth-order valence-corrected chi connectivity index (χ4v) is 7.82. The van der Waals surface area contributed by atoms with Crippen molar-refractivity contribution in [3.8, 4) is 6.01 Å². The van der Waals surface area contributed by atoms with Gasteiger partial charge >= 0.3 is 12.2 Å². The number of fused-ring (bicyclic) bond motifs is 3. The van der Waals surface area contributed by atoms with Crippen LogP contribution in [-0.2, 0) is 37.0 Å². The highest BCUT2D eigenvalue weighted by Crippen LogP contribution is 2.44. The minimum absolute atomic E-state index is 0.0354. The summed E-state index contributed by atoms with van der Waals surface area (Å²) in [5.41, 5.74) is 12.3. The van der Waals surface area contributed by atoms with Gasteiger partial charge in [-0.25, -0.2) is 0 Å². The van der Waals surface area contributed by atoms with Gasteiger partial charge < -0.3 is 25.8 Å². The zero-order valence-corrected chi connectivity index (χ0v) is 26.1. The monoisotopic (exact) mass is 654 g/mol. The van der Waals surface area contributed by atoms with Crippen LogP contribution in [0.4, 0.5) is 24.7 Å². The Morgan fingerprint density at radius 3 is 2.62 bits per heavy atom. The number of benzene rings is 1. The predicted molar refractivity (Wildman–Crippen MR) is 164 cm³/mol. The summed E-state index contributed by atoms with van der Waals surface area (Å²) in [6, 6.07) is 2.27. The molecule has 1 amide bonds. The summed E-state index contributed by atoms with van der Waals surface area (Å²) >= 11 is 0. The third-order valence-corrected chi connectivity index (χ3v) is 10.1. The number of ether oxygens (including phenoxy) is 2. The first-order valence-electron chi connectivity index (χ1n) is 15.9. The van der Waals surface area contributed by atoms with Crippen LogP contribution in [0.15, 0.2) is 12.1 Å². The highest BCUT2D eigenvalue weighted by Gasteiger charge is 2.45. The number of aldehydes is 1. The molecule has 2 saturated heterocycles. The lowest BCUT2D eigenvalue weighted by Gasteiger charge is -2.33. The molecule has 250 valence electrons. The Labute approximate surface area is 269 Å². The average Bonchev–Trinajstić information content (AvgIpc) is 3.65. The van der Waals surface area contributed by atoms with E-state index in [9.17, 15) is 22.8 Å². The Balaban J connectivity index is 1.28. The van der Waals surface area contributed by atoms with Crippen molar-refractivity contribution in [2.24, 2.45) is 5.73 Å². The van der Waals surface area contributed by atoms with Crippen LogP contribution in [0.5, 0.6) is 6.01 Å². The summed E-state index contributed by atoms with van der Waals surface area (Å²) in [6.45, 7) is 5.88. The Bertz CT molecular complexity index is 1730. The van der Waals surface area contributed by atoms with Gasteiger partial charge in [0.1, 0.15) is 18.1 Å². The quantitative estimate of drug-likeness (QED) is 0.285. The fraction of sp³-hybridized carbons (Fsp3) is 0.531. The first-order chi connectivity index (χ1) is 22.5. The molecule has 7 rings (SSSR count). The van der Waals surface area contributed by atoms with E-state index in [1.807, 2.05) is 11.6 Å². The van der Waals surface area contributed by atoms with Gasteiger partial charge in [-0.05, 0) is 69.8 Å². The smallest absolute Gasteiger partial charge is 0.417 e. The second-order valence-corrected chi connectivity index (χ2v) is 12.9. The number of nitrogens with two attached hydrogens (primary N) is 2. The van der Waals surface area contributed by atoms with E-state index in [2.05, 4.69) is 14.9 Å². The number of rotatable bonds is 7. The third-order valence-electron chi connectivity index (χ3n) is 10.1. The van der Waals surface area contributed by atoms with E-state index in [0.717, 1.165) is 68.8 Å². The van der Waals surface area contributed by atoms with E-state index in [1.54, 1.807) is 0 Å². The maximum Gasteiger partial charge on any atom is 0.417 e. The number of hydrogen-bond acceptors (Lipinski definition) is 10. The van der Waals surface area contributed by atoms with Crippen molar-refractivity contribution in [2.45, 2.75) is 83.0 Å². The van der Waals surface area contributed by atoms with Crippen LogP contribution in [0.2, 0.25) is 0 Å². The summed E-state index contributed by atoms with van der Waals surface area (Å²) in [5, 5.41) is 4.46. The molecule has 0 bridgehead atoms. The molecule has 2 aromatic heterocycles. The molecule has 12 nitrogen and oxygen atoms in total. The van der Waals surface area contributed by atoms with Crippen molar-refractivity contribution >= 4 is 23.7 Å². The number of nitrogens with zero attached hydrogens (tertiary/aromatic N) is 6. The maximum absolute atomic E-state index is 14.4. The number of nitrogen functional groups attached to an aromatic ring is 1. The molecular weight excluding hydrogens is 617 g/mol. The summed E-state index contributed by atoms with van der Waals surface area (Å²) in [5.74, 6) is -0.665. The molecule has 47 heavy (non-hydrogen) atoms. The van der Waals surface area contributed by atoms with Crippen molar-refractivity contribution < 1.29 is 32.2 Å². The zero-order chi connectivity index (χ0) is 33.1. The molecule has 2 fully saturated rings. The Morgan fingerprint density at radius 1 is 1.15 bits per heavy atom. The molecule has 4 aliphatic heterocycles. The zero-order valence-electron chi connectivity index (χ0n) is 26.1. The normalized spacial score (nSPS) is 20.8. The third kappa shape index (κ3) is 5.58. The van der Waals surface area contributed by atoms with E-state index >= 15 is 0 Å². The molecule has 4 N–H and O–H groups in total. The number of anilines is 2. The van der Waals surface area contributed by atoms with Crippen LogP contribution in [-0.4, -0.2) is 68.6 Å². The standard InChI is InChI=1S/C32H37F3N8O4/c1-18-24(15-44)40-43-10-4-7-41(14-25(18)43)29-22-16-46-26(20-11-19(36)12-21(28(37)45)27(20)32(33,34)35)13-23(22)38-30(39-29)47-17-31-5-2-8-42(31)9-3-6-31/h11-12,15,26H,2-10,13-14,16-17,36H2,1H3,(H2,37,45). The fourth-order valence-electron chi connectivity index (χ4n) is 7.82. The topological polar surface area (TPSA) is 155 Å². The Hall–Kier alpha value is -4.24. The molecule has 15 heteroatoms. The average molecular weight is 655 g/mol. The van der Waals surface area contributed by atoms with Crippen LogP contribution in [0, 0.1) is 6.92 Å². The van der Waals surface area contributed by atoms with Crippen molar-refractivity contribution in [1.82, 2.24) is 24.6 Å². The van der Waals surface area contributed by atoms with Gasteiger partial charge in [0.15, 0.2) is 6.29 Å². The molecule has 1 unspecified atom stereocenters. The Morgan fingerprint density at radius 2 is 1.91 bits per heavy atom. The lowest BCUT2D eigenvalue weighted by Crippen LogP contribution is -2.43. The first kappa shape index (κ1) is 31.4. The molecule has 6 heterocycles. The van der Waals surface area contributed by atoms with Crippen molar-refractivity contribution in [3.05, 3.63) is 57.0 Å². The highest BCUT2D eigenvalue weighted by atomic mass is 19.4. The predicted octanol–water partition coefficient (Wildman–Crippen LogP) is 3.73. The summed E-state index contributed by atoms with van der Waals surface area (Å²) in [6.07, 6.45) is -0.339. The number of primary amides is 1. The van der Waals surface area contributed by atoms with Crippen LogP contribution in [0.3, 0.4) is 0 Å². The van der Waals surface area contributed by atoms with Crippen LogP contribution in [0.25, 0.3) is 0 Å². The molecule has 0 spiro atoms. The van der Waals surface area contributed by atoms with Gasteiger partial charge in [0.05, 0.1) is 47.3 Å². The first-order valence-corrected chi connectivity index (χ1v) is 15.9. The van der Waals surface area contributed by atoms with Gasteiger partial charge in [0.2, 0.25) is 5.91 Å². The van der Waals surface area contributed by atoms with Gasteiger partial charge in [0.25, 0.3) is 0 Å². The molecule has 4 aliphatic rings. The van der Waals surface area contributed by atoms with Gasteiger partial charge in [-0.2, -0.15) is 28.2 Å². The number of amides is 1. The van der Waals surface area contributed by atoms with E-state index in [1.165, 1.54) is 6.07 Å². The molecule has 1 aromatic carbocycles. The van der Waals surface area contributed by atoms with Gasteiger partial charge in [0, 0.05) is 36.3 Å². The minimum atomic E-state index is -4.89. The molecule has 0 aliphatic carbocycles.